The van der Waals surface area contributed by atoms with E-state index in [1.165, 1.54) is 32.4 Å². The smallest absolute Gasteiger partial charge is 0.336 e. The molecule has 0 fully saturated rings. The van der Waals surface area contributed by atoms with Crippen molar-refractivity contribution in [2.45, 2.75) is 19.8 Å². The van der Waals surface area contributed by atoms with E-state index in [9.17, 15) is 14.0 Å². The van der Waals surface area contributed by atoms with Gasteiger partial charge in [0.2, 0.25) is 0 Å². The van der Waals surface area contributed by atoms with Crippen molar-refractivity contribution in [2.24, 2.45) is 10.9 Å². The van der Waals surface area contributed by atoms with Crippen molar-refractivity contribution < 1.29 is 23.5 Å². The predicted octanol–water partition coefficient (Wildman–Crippen LogP) is 2.62. The van der Waals surface area contributed by atoms with E-state index in [2.05, 4.69) is 4.99 Å². The number of hydrogen-bond donors (Lipinski definition) is 0. The lowest BCUT2D eigenvalue weighted by atomic mass is 9.75. The monoisotopic (exact) mass is 319 g/mol. The van der Waals surface area contributed by atoms with Crippen molar-refractivity contribution in [1.29, 1.82) is 0 Å². The summed E-state index contributed by atoms with van der Waals surface area (Å²) in [6.45, 7) is 3.35. The second-order valence-electron chi connectivity index (χ2n) is 5.28. The number of methoxy groups -OCH3 is 2. The van der Waals surface area contributed by atoms with Crippen LogP contribution in [0, 0.1) is 11.7 Å². The summed E-state index contributed by atoms with van der Waals surface area (Å²) in [6.07, 6.45) is 0. The van der Waals surface area contributed by atoms with Crippen LogP contribution in [0.1, 0.15) is 25.3 Å². The van der Waals surface area contributed by atoms with Gasteiger partial charge < -0.3 is 9.47 Å². The third-order valence-electron chi connectivity index (χ3n) is 3.90. The molecule has 6 heteroatoms. The number of nitrogens with zero attached hydrogens (tertiary/aromatic N) is 1. The Balaban J connectivity index is 2.68. The summed E-state index contributed by atoms with van der Waals surface area (Å²) in [4.78, 5) is 28.7. The lowest BCUT2D eigenvalue weighted by Crippen LogP contribution is -2.36. The molecule has 122 valence electrons. The first-order valence-electron chi connectivity index (χ1n) is 7.08. The van der Waals surface area contributed by atoms with Crippen molar-refractivity contribution in [3.8, 4) is 0 Å². The predicted molar refractivity (Wildman–Crippen MR) is 82.5 cm³/mol. The van der Waals surface area contributed by atoms with Gasteiger partial charge >= 0.3 is 11.9 Å². The fourth-order valence-electron chi connectivity index (χ4n) is 2.90. The van der Waals surface area contributed by atoms with Crippen LogP contribution in [0.2, 0.25) is 0 Å². The number of aliphatic imine (C=N–C) groups is 1. The van der Waals surface area contributed by atoms with Gasteiger partial charge in [-0.15, -0.1) is 0 Å². The van der Waals surface area contributed by atoms with Crippen LogP contribution in [-0.4, -0.2) is 31.9 Å². The lowest BCUT2D eigenvalue weighted by molar-refractivity contribution is -0.143. The molecule has 0 N–H and O–H groups in total. The topological polar surface area (TPSA) is 65.0 Å². The van der Waals surface area contributed by atoms with Gasteiger partial charge in [-0.1, -0.05) is 12.1 Å². The van der Waals surface area contributed by atoms with Gasteiger partial charge in [-0.2, -0.15) is 0 Å². The van der Waals surface area contributed by atoms with Crippen LogP contribution in [-0.2, 0) is 19.1 Å². The van der Waals surface area contributed by atoms with Gasteiger partial charge in [0, 0.05) is 17.3 Å². The van der Waals surface area contributed by atoms with Crippen LogP contribution in [0.4, 0.5) is 4.39 Å². The van der Waals surface area contributed by atoms with Crippen molar-refractivity contribution in [3.63, 3.8) is 0 Å². The SMILES string of the molecule is COC(=O)C1=C(C)N=C(C)C(C(=O)OC)C1c1cccc(F)c1. The van der Waals surface area contributed by atoms with Gasteiger partial charge in [-0.3, -0.25) is 9.79 Å². The second kappa shape index (κ2) is 6.73. The molecule has 1 aromatic rings. The zero-order chi connectivity index (χ0) is 17.1. The quantitative estimate of drug-likeness (QED) is 0.803. The van der Waals surface area contributed by atoms with E-state index < -0.39 is 29.6 Å². The summed E-state index contributed by atoms with van der Waals surface area (Å²) in [5, 5.41) is 0. The number of carbonyl (C=O) groups excluding carboxylic acids is 2. The number of esters is 2. The van der Waals surface area contributed by atoms with E-state index in [-0.39, 0.29) is 5.57 Å². The third kappa shape index (κ3) is 3.16. The Hall–Kier alpha value is -2.50. The van der Waals surface area contributed by atoms with Crippen LogP contribution in [0.3, 0.4) is 0 Å². The Labute approximate surface area is 133 Å². The number of carbonyl (C=O) groups is 2. The maximum Gasteiger partial charge on any atom is 0.336 e. The van der Waals surface area contributed by atoms with E-state index in [1.807, 2.05) is 0 Å². The summed E-state index contributed by atoms with van der Waals surface area (Å²) < 4.78 is 23.3. The minimum Gasteiger partial charge on any atom is -0.468 e. The minimum atomic E-state index is -0.806. The third-order valence-corrected chi connectivity index (χ3v) is 3.90. The molecular formula is C17H18FNO4. The van der Waals surface area contributed by atoms with Crippen molar-refractivity contribution in [2.75, 3.05) is 14.2 Å². The van der Waals surface area contributed by atoms with Crippen molar-refractivity contribution in [3.05, 3.63) is 46.9 Å². The molecule has 5 nitrogen and oxygen atoms in total. The van der Waals surface area contributed by atoms with Gasteiger partial charge in [0.15, 0.2) is 0 Å². The molecule has 0 aromatic heterocycles. The number of hydrogen-bond acceptors (Lipinski definition) is 5. The molecule has 0 saturated heterocycles. The van der Waals surface area contributed by atoms with Crippen LogP contribution in [0.5, 0.6) is 0 Å². The molecule has 2 unspecified atom stereocenters. The maximum absolute atomic E-state index is 13.7. The molecule has 0 spiro atoms. The number of allylic oxidation sites excluding steroid dienone is 1. The molecule has 2 atom stereocenters. The zero-order valence-electron chi connectivity index (χ0n) is 13.4. The molecule has 0 amide bonds. The van der Waals surface area contributed by atoms with Crippen LogP contribution in [0.25, 0.3) is 0 Å². The van der Waals surface area contributed by atoms with Gasteiger partial charge in [0.25, 0.3) is 0 Å². The highest BCUT2D eigenvalue weighted by Gasteiger charge is 2.42. The Morgan fingerprint density at radius 1 is 1.17 bits per heavy atom. The first kappa shape index (κ1) is 16.9. The van der Waals surface area contributed by atoms with E-state index >= 15 is 0 Å². The summed E-state index contributed by atoms with van der Waals surface area (Å²) in [6, 6.07) is 5.80. The molecular weight excluding hydrogens is 301 g/mol. The second-order valence-corrected chi connectivity index (χ2v) is 5.28. The van der Waals surface area contributed by atoms with Gasteiger partial charge in [-0.05, 0) is 31.5 Å². The Morgan fingerprint density at radius 3 is 2.43 bits per heavy atom. The highest BCUT2D eigenvalue weighted by molar-refractivity contribution is 6.06. The zero-order valence-corrected chi connectivity index (χ0v) is 13.4. The molecule has 1 aliphatic rings. The maximum atomic E-state index is 13.7. The van der Waals surface area contributed by atoms with Gasteiger partial charge in [0.1, 0.15) is 11.7 Å². The standard InChI is InChI=1S/C17H18FNO4/c1-9-13(16(20)22-3)15(11-6-5-7-12(18)8-11)14(10(2)19-9)17(21)23-4/h5-8,13,15H,1-4H3. The number of rotatable bonds is 3. The largest absolute Gasteiger partial charge is 0.468 e. The van der Waals surface area contributed by atoms with Gasteiger partial charge in [-0.25, -0.2) is 9.18 Å². The number of ether oxygens (including phenoxy) is 2. The first-order valence-corrected chi connectivity index (χ1v) is 7.08. The molecule has 0 aliphatic carbocycles. The summed E-state index contributed by atoms with van der Waals surface area (Å²) >= 11 is 0. The molecule has 1 aromatic carbocycles. The summed E-state index contributed by atoms with van der Waals surface area (Å²) in [7, 11) is 2.52. The Morgan fingerprint density at radius 2 is 1.87 bits per heavy atom. The van der Waals surface area contributed by atoms with E-state index in [4.69, 9.17) is 9.47 Å². The average molecular weight is 319 g/mol. The summed E-state index contributed by atoms with van der Waals surface area (Å²) in [5.41, 5.74) is 1.69. The molecule has 1 aliphatic heterocycles. The van der Waals surface area contributed by atoms with Crippen molar-refractivity contribution >= 4 is 17.7 Å². The first-order chi connectivity index (χ1) is 10.9. The highest BCUT2D eigenvalue weighted by atomic mass is 19.1. The van der Waals surface area contributed by atoms with Crippen LogP contribution >= 0.6 is 0 Å². The molecule has 2 rings (SSSR count). The molecule has 0 saturated carbocycles. The fraction of sp³-hybridized carbons (Fsp3) is 0.353. The Bertz CT molecular complexity index is 708. The average Bonchev–Trinajstić information content (AvgIpc) is 2.52. The highest BCUT2D eigenvalue weighted by Crippen LogP contribution is 2.40. The molecule has 1 heterocycles. The minimum absolute atomic E-state index is 0.235. The number of benzene rings is 1. The fourth-order valence-corrected chi connectivity index (χ4v) is 2.90. The van der Waals surface area contributed by atoms with E-state index in [0.717, 1.165) is 0 Å². The normalized spacial score (nSPS) is 20.8. The number of halogens is 1. The molecule has 0 bridgehead atoms. The van der Waals surface area contributed by atoms with Gasteiger partial charge in [0.05, 0.1) is 19.8 Å². The van der Waals surface area contributed by atoms with Crippen molar-refractivity contribution in [1.82, 2.24) is 0 Å². The molecule has 23 heavy (non-hydrogen) atoms. The molecule has 0 radical (unpaired) electrons. The van der Waals surface area contributed by atoms with E-state index in [1.54, 1.807) is 19.9 Å². The van der Waals surface area contributed by atoms with Crippen LogP contribution in [0.15, 0.2) is 40.5 Å². The summed E-state index contributed by atoms with van der Waals surface area (Å²) in [5.74, 6) is -3.09. The Kier molecular flexibility index (Phi) is 4.93. The lowest BCUT2D eigenvalue weighted by Gasteiger charge is -2.31. The van der Waals surface area contributed by atoms with Crippen LogP contribution < -0.4 is 0 Å². The van der Waals surface area contributed by atoms with E-state index in [0.29, 0.717) is 17.0 Å².